The molecular weight excluding hydrogens is 325 g/mol. The molecule has 1 aromatic carbocycles. The maximum absolute atomic E-state index is 12.6. The molecule has 22 heavy (non-hydrogen) atoms. The molecule has 0 radical (unpaired) electrons. The quantitative estimate of drug-likeness (QED) is 0.823. The Morgan fingerprint density at radius 1 is 1.18 bits per heavy atom. The van der Waals surface area contributed by atoms with Gasteiger partial charge in [-0.15, -0.1) is 0 Å². The topological polar surface area (TPSA) is 38.8 Å². The molecule has 120 valence electrons. The zero-order valence-electron chi connectivity index (χ0n) is 12.5. The molecule has 0 spiro atoms. The van der Waals surface area contributed by atoms with Gasteiger partial charge in [0.2, 0.25) is 0 Å². The summed E-state index contributed by atoms with van der Waals surface area (Å²) in [6.45, 7) is 4.60. The molecule has 2 fully saturated rings. The van der Waals surface area contributed by atoms with Crippen LogP contribution >= 0.6 is 23.2 Å². The molecule has 0 unspecified atom stereocenters. The Morgan fingerprint density at radius 2 is 1.73 bits per heavy atom. The van der Waals surface area contributed by atoms with Gasteiger partial charge in [0.05, 0.1) is 28.8 Å². The second kappa shape index (κ2) is 6.36. The average molecular weight is 344 g/mol. The summed E-state index contributed by atoms with van der Waals surface area (Å²) in [6, 6.07) is 5.12. The van der Waals surface area contributed by atoms with Crippen molar-refractivity contribution < 1.29 is 14.3 Å². The van der Waals surface area contributed by atoms with Crippen molar-refractivity contribution in [3.05, 3.63) is 33.8 Å². The minimum atomic E-state index is -0.503. The van der Waals surface area contributed by atoms with Crippen molar-refractivity contribution in [2.45, 2.75) is 25.6 Å². The van der Waals surface area contributed by atoms with Gasteiger partial charge in [0.1, 0.15) is 0 Å². The molecule has 6 heteroatoms. The second-order valence-electron chi connectivity index (χ2n) is 5.88. The lowest BCUT2D eigenvalue weighted by Gasteiger charge is -2.39. The van der Waals surface area contributed by atoms with E-state index in [-0.39, 0.29) is 5.91 Å². The van der Waals surface area contributed by atoms with E-state index in [0.717, 1.165) is 12.8 Å². The fourth-order valence-electron chi connectivity index (χ4n) is 3.23. The molecule has 2 aliphatic heterocycles. The highest BCUT2D eigenvalue weighted by molar-refractivity contribution is 6.39. The van der Waals surface area contributed by atoms with E-state index in [0.29, 0.717) is 47.8 Å². The summed E-state index contributed by atoms with van der Waals surface area (Å²) >= 11 is 12.3. The van der Waals surface area contributed by atoms with Crippen molar-refractivity contribution in [1.29, 1.82) is 0 Å². The van der Waals surface area contributed by atoms with Gasteiger partial charge in [0.15, 0.2) is 5.79 Å². The summed E-state index contributed by atoms with van der Waals surface area (Å²) in [6.07, 6.45) is 1.70. The van der Waals surface area contributed by atoms with E-state index in [1.54, 1.807) is 18.2 Å². The van der Waals surface area contributed by atoms with E-state index < -0.39 is 5.79 Å². The molecule has 0 saturated carbocycles. The number of carbonyl (C=O) groups excluding carboxylic acids is 1. The normalized spacial score (nSPS) is 22.0. The summed E-state index contributed by atoms with van der Waals surface area (Å²) < 4.78 is 11.5. The SMILES string of the molecule is CC1(C2CCN(C(=O)c3c(Cl)cccc3Cl)CC2)OCCO1. The molecule has 1 amide bonds. The van der Waals surface area contributed by atoms with Gasteiger partial charge in [-0.05, 0) is 31.9 Å². The Balaban J connectivity index is 1.67. The molecule has 1 aromatic rings. The van der Waals surface area contributed by atoms with Gasteiger partial charge in [0.25, 0.3) is 5.91 Å². The van der Waals surface area contributed by atoms with E-state index in [9.17, 15) is 4.79 Å². The van der Waals surface area contributed by atoms with Crippen LogP contribution < -0.4 is 0 Å². The zero-order chi connectivity index (χ0) is 15.7. The van der Waals surface area contributed by atoms with E-state index in [2.05, 4.69) is 0 Å². The third kappa shape index (κ3) is 2.98. The van der Waals surface area contributed by atoms with Crippen molar-refractivity contribution >= 4 is 29.1 Å². The molecule has 2 heterocycles. The fraction of sp³-hybridized carbons (Fsp3) is 0.562. The van der Waals surface area contributed by atoms with Crippen molar-refractivity contribution in [1.82, 2.24) is 4.90 Å². The molecule has 0 atom stereocenters. The first-order chi connectivity index (χ1) is 10.5. The highest BCUT2D eigenvalue weighted by Crippen LogP contribution is 2.36. The number of rotatable bonds is 2. The number of hydrogen-bond acceptors (Lipinski definition) is 3. The molecule has 2 aliphatic rings. The van der Waals surface area contributed by atoms with Gasteiger partial charge in [0, 0.05) is 19.0 Å². The van der Waals surface area contributed by atoms with Gasteiger partial charge in [-0.1, -0.05) is 29.3 Å². The first-order valence-corrected chi connectivity index (χ1v) is 8.28. The molecule has 4 nitrogen and oxygen atoms in total. The third-order valence-electron chi connectivity index (χ3n) is 4.56. The Bertz CT molecular complexity index is 544. The van der Waals surface area contributed by atoms with Gasteiger partial charge >= 0.3 is 0 Å². The first kappa shape index (κ1) is 16.1. The van der Waals surface area contributed by atoms with E-state index in [1.807, 2.05) is 11.8 Å². The van der Waals surface area contributed by atoms with Crippen molar-refractivity contribution in [3.8, 4) is 0 Å². The summed E-state index contributed by atoms with van der Waals surface area (Å²) in [5.74, 6) is -0.301. The highest BCUT2D eigenvalue weighted by atomic mass is 35.5. The molecule has 0 N–H and O–H groups in total. The average Bonchev–Trinajstić information content (AvgIpc) is 2.95. The fourth-order valence-corrected chi connectivity index (χ4v) is 3.79. The molecule has 0 aliphatic carbocycles. The number of ether oxygens (including phenoxy) is 2. The lowest BCUT2D eigenvalue weighted by Crippen LogP contribution is -2.46. The van der Waals surface area contributed by atoms with Crippen molar-refractivity contribution in [2.75, 3.05) is 26.3 Å². The Labute approximate surface area is 140 Å². The summed E-state index contributed by atoms with van der Waals surface area (Å²) in [5, 5.41) is 0.795. The first-order valence-electron chi connectivity index (χ1n) is 7.52. The van der Waals surface area contributed by atoms with Crippen LogP contribution in [0.3, 0.4) is 0 Å². The minimum absolute atomic E-state index is 0.104. The highest BCUT2D eigenvalue weighted by Gasteiger charge is 2.42. The molecular formula is C16H19Cl2NO3. The maximum atomic E-state index is 12.6. The number of carbonyl (C=O) groups is 1. The molecule has 0 aromatic heterocycles. The van der Waals surface area contributed by atoms with Gasteiger partial charge < -0.3 is 14.4 Å². The summed E-state index contributed by atoms with van der Waals surface area (Å²) in [5.41, 5.74) is 0.392. The Morgan fingerprint density at radius 3 is 2.27 bits per heavy atom. The van der Waals surface area contributed by atoms with E-state index >= 15 is 0 Å². The number of amides is 1. The number of benzene rings is 1. The number of likely N-dealkylation sites (tertiary alicyclic amines) is 1. The van der Waals surface area contributed by atoms with Crippen LogP contribution in [0.1, 0.15) is 30.1 Å². The summed E-state index contributed by atoms with van der Waals surface area (Å²) in [4.78, 5) is 14.5. The van der Waals surface area contributed by atoms with Crippen LogP contribution in [-0.2, 0) is 9.47 Å². The second-order valence-corrected chi connectivity index (χ2v) is 6.69. The lowest BCUT2D eigenvalue weighted by atomic mass is 9.89. The predicted molar refractivity (Wildman–Crippen MR) is 85.4 cm³/mol. The monoisotopic (exact) mass is 343 g/mol. The Kier molecular flexibility index (Phi) is 4.64. The van der Waals surface area contributed by atoms with Crippen molar-refractivity contribution in [2.24, 2.45) is 5.92 Å². The van der Waals surface area contributed by atoms with Crippen LogP contribution in [0.2, 0.25) is 10.0 Å². The Hall–Kier alpha value is -0.810. The molecule has 0 bridgehead atoms. The van der Waals surface area contributed by atoms with Crippen LogP contribution in [0, 0.1) is 5.92 Å². The number of hydrogen-bond donors (Lipinski definition) is 0. The standard InChI is InChI=1S/C16H19Cl2NO3/c1-16(21-9-10-22-16)11-5-7-19(8-6-11)15(20)14-12(17)3-2-4-13(14)18/h2-4,11H,5-10H2,1H3. The maximum Gasteiger partial charge on any atom is 0.256 e. The van der Waals surface area contributed by atoms with Crippen LogP contribution in [-0.4, -0.2) is 42.9 Å². The van der Waals surface area contributed by atoms with Crippen LogP contribution in [0.5, 0.6) is 0 Å². The van der Waals surface area contributed by atoms with E-state index in [4.69, 9.17) is 32.7 Å². The van der Waals surface area contributed by atoms with Crippen LogP contribution in [0.15, 0.2) is 18.2 Å². The van der Waals surface area contributed by atoms with Gasteiger partial charge in [-0.25, -0.2) is 0 Å². The minimum Gasteiger partial charge on any atom is -0.348 e. The zero-order valence-corrected chi connectivity index (χ0v) is 14.0. The summed E-state index contributed by atoms with van der Waals surface area (Å²) in [7, 11) is 0. The number of halogens is 2. The largest absolute Gasteiger partial charge is 0.348 e. The molecule has 2 saturated heterocycles. The van der Waals surface area contributed by atoms with Crippen molar-refractivity contribution in [3.63, 3.8) is 0 Å². The predicted octanol–water partition coefficient (Wildman–Crippen LogP) is 3.61. The number of nitrogens with zero attached hydrogens (tertiary/aromatic N) is 1. The molecule has 3 rings (SSSR count). The van der Waals surface area contributed by atoms with Crippen LogP contribution in [0.25, 0.3) is 0 Å². The van der Waals surface area contributed by atoms with Gasteiger partial charge in [-0.2, -0.15) is 0 Å². The smallest absolute Gasteiger partial charge is 0.256 e. The van der Waals surface area contributed by atoms with Gasteiger partial charge in [-0.3, -0.25) is 4.79 Å². The lowest BCUT2D eigenvalue weighted by molar-refractivity contribution is -0.189. The van der Waals surface area contributed by atoms with E-state index in [1.165, 1.54) is 0 Å². The van der Waals surface area contributed by atoms with Crippen LogP contribution in [0.4, 0.5) is 0 Å². The number of piperidine rings is 1. The third-order valence-corrected chi connectivity index (χ3v) is 5.19.